The van der Waals surface area contributed by atoms with Crippen molar-refractivity contribution >= 4 is 17.3 Å². The van der Waals surface area contributed by atoms with Crippen LogP contribution in [0.15, 0.2) is 16.1 Å². The van der Waals surface area contributed by atoms with Crippen LogP contribution in [0.5, 0.6) is 0 Å². The van der Waals surface area contributed by atoms with Crippen molar-refractivity contribution in [3.05, 3.63) is 32.2 Å². The van der Waals surface area contributed by atoms with Crippen LogP contribution in [-0.2, 0) is 0 Å². The Morgan fingerprint density at radius 3 is 2.94 bits per heavy atom. The van der Waals surface area contributed by atoms with Crippen molar-refractivity contribution in [2.75, 3.05) is 0 Å². The SMILES string of the molecule is N/C(=N\O)c1c[nH]n2c(=O)c([N+](=O)[O-])nnc12. The molecule has 0 amide bonds. The zero-order chi connectivity index (χ0) is 12.6. The molecule has 2 aromatic heterocycles. The van der Waals surface area contributed by atoms with Crippen molar-refractivity contribution in [2.24, 2.45) is 10.9 Å². The molecule has 17 heavy (non-hydrogen) atoms. The maximum Gasteiger partial charge on any atom is 0.458 e. The van der Waals surface area contributed by atoms with Crippen LogP contribution in [0.3, 0.4) is 0 Å². The van der Waals surface area contributed by atoms with Crippen molar-refractivity contribution < 1.29 is 10.1 Å². The molecular formula is C6H5N7O4. The van der Waals surface area contributed by atoms with Crippen molar-refractivity contribution in [1.82, 2.24) is 19.8 Å². The van der Waals surface area contributed by atoms with Crippen LogP contribution in [0.25, 0.3) is 5.65 Å². The highest BCUT2D eigenvalue weighted by Gasteiger charge is 2.21. The lowest BCUT2D eigenvalue weighted by Crippen LogP contribution is -2.21. The van der Waals surface area contributed by atoms with Gasteiger partial charge in [-0.15, -0.1) is 0 Å². The van der Waals surface area contributed by atoms with Gasteiger partial charge in [0.05, 0.1) is 10.7 Å². The Labute approximate surface area is 91.3 Å². The summed E-state index contributed by atoms with van der Waals surface area (Å²) in [5, 5.41) is 30.7. The van der Waals surface area contributed by atoms with E-state index < -0.39 is 16.3 Å². The van der Waals surface area contributed by atoms with Gasteiger partial charge in [-0.2, -0.15) is 4.52 Å². The summed E-state index contributed by atoms with van der Waals surface area (Å²) in [4.78, 5) is 21.0. The van der Waals surface area contributed by atoms with E-state index in [-0.39, 0.29) is 17.0 Å². The summed E-state index contributed by atoms with van der Waals surface area (Å²) in [6.07, 6.45) is 1.21. The van der Waals surface area contributed by atoms with Gasteiger partial charge in [-0.3, -0.25) is 9.89 Å². The van der Waals surface area contributed by atoms with Crippen LogP contribution in [-0.4, -0.2) is 35.8 Å². The predicted molar refractivity (Wildman–Crippen MR) is 52.8 cm³/mol. The highest BCUT2D eigenvalue weighted by Crippen LogP contribution is 2.06. The van der Waals surface area contributed by atoms with Crippen LogP contribution >= 0.6 is 0 Å². The molecule has 0 fully saturated rings. The molecule has 0 atom stereocenters. The van der Waals surface area contributed by atoms with Gasteiger partial charge >= 0.3 is 11.4 Å². The van der Waals surface area contributed by atoms with Gasteiger partial charge in [0.25, 0.3) is 0 Å². The first-order chi connectivity index (χ1) is 8.06. The van der Waals surface area contributed by atoms with E-state index in [0.29, 0.717) is 0 Å². The Kier molecular flexibility index (Phi) is 2.20. The Morgan fingerprint density at radius 1 is 1.65 bits per heavy atom. The molecule has 0 spiro atoms. The molecule has 2 rings (SSSR count). The Balaban J connectivity index is 2.80. The molecular weight excluding hydrogens is 234 g/mol. The Bertz CT molecular complexity index is 683. The number of aromatic nitrogens is 4. The first-order valence-electron chi connectivity index (χ1n) is 4.15. The number of amidine groups is 1. The van der Waals surface area contributed by atoms with E-state index in [2.05, 4.69) is 20.5 Å². The number of hydrogen-bond donors (Lipinski definition) is 3. The quantitative estimate of drug-likeness (QED) is 0.187. The number of nitrogens with one attached hydrogen (secondary N) is 1. The monoisotopic (exact) mass is 239 g/mol. The predicted octanol–water partition coefficient (Wildman–Crippen LogP) is -1.58. The molecule has 88 valence electrons. The number of aromatic amines is 1. The van der Waals surface area contributed by atoms with E-state index in [9.17, 15) is 14.9 Å². The van der Waals surface area contributed by atoms with E-state index in [0.717, 1.165) is 4.52 Å². The van der Waals surface area contributed by atoms with Gasteiger partial charge in [0, 0.05) is 6.20 Å². The Hall–Kier alpha value is -2.98. The van der Waals surface area contributed by atoms with Crippen LogP contribution in [0.1, 0.15) is 5.56 Å². The molecule has 0 aromatic carbocycles. The Morgan fingerprint density at radius 2 is 2.35 bits per heavy atom. The maximum absolute atomic E-state index is 11.5. The molecule has 0 aliphatic heterocycles. The number of H-pyrrole nitrogens is 1. The minimum Gasteiger partial charge on any atom is -0.409 e. The van der Waals surface area contributed by atoms with Crippen LogP contribution in [0, 0.1) is 10.1 Å². The summed E-state index contributed by atoms with van der Waals surface area (Å²) in [5.74, 6) is -1.22. The number of oxime groups is 1. The summed E-state index contributed by atoms with van der Waals surface area (Å²) in [7, 11) is 0. The van der Waals surface area contributed by atoms with Crippen LogP contribution < -0.4 is 11.3 Å². The summed E-state index contributed by atoms with van der Waals surface area (Å²) < 4.78 is 0.776. The zero-order valence-corrected chi connectivity index (χ0v) is 8.06. The van der Waals surface area contributed by atoms with Crippen molar-refractivity contribution in [3.8, 4) is 0 Å². The van der Waals surface area contributed by atoms with E-state index in [4.69, 9.17) is 10.9 Å². The van der Waals surface area contributed by atoms with Crippen LogP contribution in [0.4, 0.5) is 5.82 Å². The second-order valence-electron chi connectivity index (χ2n) is 2.92. The number of rotatable bonds is 2. The molecule has 4 N–H and O–H groups in total. The molecule has 0 aliphatic rings. The third-order valence-electron chi connectivity index (χ3n) is 1.98. The topological polar surface area (TPSA) is 165 Å². The largest absolute Gasteiger partial charge is 0.458 e. The molecule has 2 aromatic rings. The fourth-order valence-electron chi connectivity index (χ4n) is 1.22. The first-order valence-corrected chi connectivity index (χ1v) is 4.15. The van der Waals surface area contributed by atoms with Crippen molar-refractivity contribution in [2.45, 2.75) is 0 Å². The summed E-state index contributed by atoms with van der Waals surface area (Å²) in [6.45, 7) is 0. The molecule has 0 aliphatic carbocycles. The van der Waals surface area contributed by atoms with E-state index in [1.54, 1.807) is 0 Å². The van der Waals surface area contributed by atoms with Crippen LogP contribution in [0.2, 0.25) is 0 Å². The van der Waals surface area contributed by atoms with Gasteiger partial charge in [0.15, 0.2) is 5.84 Å². The molecule has 0 bridgehead atoms. The molecule has 0 radical (unpaired) electrons. The number of nitrogens with two attached hydrogens (primary N) is 1. The van der Waals surface area contributed by atoms with Gasteiger partial charge in [-0.25, -0.2) is 0 Å². The summed E-state index contributed by atoms with van der Waals surface area (Å²) in [5.41, 5.74) is 4.36. The standard InChI is InChI=1S/C6H5N7O4/c7-3(11-15)2-1-8-12-4(2)9-10-5(6(12)14)13(16)17/h1,8,15H,(H2,7,11). The van der Waals surface area contributed by atoms with Gasteiger partial charge in [-0.1, -0.05) is 5.16 Å². The number of fused-ring (bicyclic) bond motifs is 1. The molecule has 11 heteroatoms. The highest BCUT2D eigenvalue weighted by atomic mass is 16.6. The smallest absolute Gasteiger partial charge is 0.409 e. The van der Waals surface area contributed by atoms with Crippen molar-refractivity contribution in [3.63, 3.8) is 0 Å². The molecule has 0 saturated heterocycles. The minimum absolute atomic E-state index is 0.0732. The highest BCUT2D eigenvalue weighted by molar-refractivity contribution is 6.01. The average molecular weight is 239 g/mol. The van der Waals surface area contributed by atoms with Gasteiger partial charge in [0.2, 0.25) is 5.65 Å². The molecule has 11 nitrogen and oxygen atoms in total. The minimum atomic E-state index is -0.989. The third-order valence-corrected chi connectivity index (χ3v) is 1.98. The molecule has 0 saturated carbocycles. The number of nitrogens with zero attached hydrogens (tertiary/aromatic N) is 5. The van der Waals surface area contributed by atoms with E-state index in [1.807, 2.05) is 0 Å². The zero-order valence-electron chi connectivity index (χ0n) is 8.06. The van der Waals surface area contributed by atoms with Gasteiger partial charge in [-0.05, 0) is 10.0 Å². The third kappa shape index (κ3) is 1.45. The fourth-order valence-corrected chi connectivity index (χ4v) is 1.22. The van der Waals surface area contributed by atoms with Crippen molar-refractivity contribution in [1.29, 1.82) is 0 Å². The lowest BCUT2D eigenvalue weighted by atomic mass is 10.3. The lowest BCUT2D eigenvalue weighted by molar-refractivity contribution is -0.391. The second-order valence-corrected chi connectivity index (χ2v) is 2.92. The van der Waals surface area contributed by atoms with E-state index in [1.165, 1.54) is 6.20 Å². The van der Waals surface area contributed by atoms with Gasteiger partial charge < -0.3 is 21.1 Å². The molecule has 0 unspecified atom stereocenters. The maximum atomic E-state index is 11.5. The number of nitro groups is 1. The fraction of sp³-hybridized carbons (Fsp3) is 0. The summed E-state index contributed by atoms with van der Waals surface area (Å²) >= 11 is 0. The second kappa shape index (κ2) is 3.55. The normalized spacial score (nSPS) is 11.9. The average Bonchev–Trinajstić information content (AvgIpc) is 2.72. The number of hydrogen-bond acceptors (Lipinski definition) is 7. The lowest BCUT2D eigenvalue weighted by Gasteiger charge is -1.93. The summed E-state index contributed by atoms with van der Waals surface area (Å²) in [6, 6.07) is 0. The first kappa shape index (κ1) is 10.5. The molecule has 2 heterocycles. The van der Waals surface area contributed by atoms with E-state index >= 15 is 0 Å². The van der Waals surface area contributed by atoms with Gasteiger partial charge in [0.1, 0.15) is 0 Å².